The lowest BCUT2D eigenvalue weighted by atomic mass is 10.2. The van der Waals surface area contributed by atoms with E-state index in [4.69, 9.17) is 5.73 Å². The van der Waals surface area contributed by atoms with Gasteiger partial charge in [-0.3, -0.25) is 0 Å². The first-order valence-electron chi connectivity index (χ1n) is 5.52. The fourth-order valence-corrected chi connectivity index (χ4v) is 3.70. The zero-order valence-corrected chi connectivity index (χ0v) is 11.7. The Bertz CT molecular complexity index is 761. The second-order valence-electron chi connectivity index (χ2n) is 3.87. The van der Waals surface area contributed by atoms with Gasteiger partial charge in [0.2, 0.25) is 0 Å². The molecule has 3 aromatic rings. The van der Waals surface area contributed by atoms with Crippen molar-refractivity contribution >= 4 is 43.7 Å². The van der Waals surface area contributed by atoms with Gasteiger partial charge in [-0.15, -0.1) is 11.3 Å². The highest BCUT2D eigenvalue weighted by molar-refractivity contribution is 7.21. The number of aromatic nitrogens is 1. The average Bonchev–Trinajstić information content (AvgIpc) is 3.01. The SMILES string of the molecule is COC(=O)c1nc(-c2csc3ccccc23)sc1N. The molecular formula is C13H10N2O2S2. The van der Waals surface area contributed by atoms with E-state index in [0.717, 1.165) is 16.0 Å². The molecule has 0 aliphatic rings. The molecular weight excluding hydrogens is 280 g/mol. The van der Waals surface area contributed by atoms with Crippen LogP contribution in [0, 0.1) is 0 Å². The van der Waals surface area contributed by atoms with Crippen LogP contribution in [-0.2, 0) is 4.74 Å². The second-order valence-corrected chi connectivity index (χ2v) is 5.81. The van der Waals surface area contributed by atoms with E-state index in [1.54, 1.807) is 11.3 Å². The number of ether oxygens (including phenoxy) is 1. The van der Waals surface area contributed by atoms with E-state index in [1.165, 1.54) is 23.1 Å². The number of methoxy groups -OCH3 is 1. The summed E-state index contributed by atoms with van der Waals surface area (Å²) in [5.41, 5.74) is 7.03. The van der Waals surface area contributed by atoms with Gasteiger partial charge >= 0.3 is 5.97 Å². The van der Waals surface area contributed by atoms with Crippen molar-refractivity contribution in [1.82, 2.24) is 4.98 Å². The molecule has 0 bridgehead atoms. The third-order valence-corrected chi connectivity index (χ3v) is 4.62. The maximum atomic E-state index is 11.5. The number of nitrogen functional groups attached to an aromatic ring is 1. The summed E-state index contributed by atoms with van der Waals surface area (Å²) in [7, 11) is 1.32. The number of thiazole rings is 1. The summed E-state index contributed by atoms with van der Waals surface area (Å²) in [6.07, 6.45) is 0. The lowest BCUT2D eigenvalue weighted by Crippen LogP contribution is -2.04. The topological polar surface area (TPSA) is 65.2 Å². The molecule has 3 rings (SSSR count). The van der Waals surface area contributed by atoms with Crippen LogP contribution in [0.4, 0.5) is 5.00 Å². The lowest BCUT2D eigenvalue weighted by molar-refractivity contribution is 0.0596. The Morgan fingerprint density at radius 3 is 2.95 bits per heavy atom. The number of anilines is 1. The molecule has 4 nitrogen and oxygen atoms in total. The molecule has 0 atom stereocenters. The summed E-state index contributed by atoms with van der Waals surface area (Å²) in [4.78, 5) is 15.8. The number of nitrogens with zero attached hydrogens (tertiary/aromatic N) is 1. The summed E-state index contributed by atoms with van der Waals surface area (Å²) in [5, 5.41) is 4.29. The van der Waals surface area contributed by atoms with Gasteiger partial charge < -0.3 is 10.5 Å². The Labute approximate surface area is 117 Å². The minimum atomic E-state index is -0.500. The molecule has 19 heavy (non-hydrogen) atoms. The Morgan fingerprint density at radius 2 is 2.16 bits per heavy atom. The van der Waals surface area contributed by atoms with Gasteiger partial charge in [0.05, 0.1) is 7.11 Å². The number of esters is 1. The van der Waals surface area contributed by atoms with Crippen LogP contribution >= 0.6 is 22.7 Å². The minimum Gasteiger partial charge on any atom is -0.464 e. The van der Waals surface area contributed by atoms with Gasteiger partial charge in [-0.25, -0.2) is 9.78 Å². The predicted molar refractivity (Wildman–Crippen MR) is 78.7 cm³/mol. The molecule has 0 unspecified atom stereocenters. The van der Waals surface area contributed by atoms with Gasteiger partial charge in [-0.1, -0.05) is 29.5 Å². The molecule has 2 N–H and O–H groups in total. The van der Waals surface area contributed by atoms with Crippen LogP contribution in [0.3, 0.4) is 0 Å². The number of carbonyl (C=O) groups excluding carboxylic acids is 1. The molecule has 0 aliphatic carbocycles. The van der Waals surface area contributed by atoms with Crippen molar-refractivity contribution in [3.05, 3.63) is 35.3 Å². The van der Waals surface area contributed by atoms with Crippen LogP contribution in [0.15, 0.2) is 29.6 Å². The smallest absolute Gasteiger partial charge is 0.359 e. The van der Waals surface area contributed by atoms with E-state index >= 15 is 0 Å². The van der Waals surface area contributed by atoms with Crippen molar-refractivity contribution in [1.29, 1.82) is 0 Å². The number of thiophene rings is 1. The summed E-state index contributed by atoms with van der Waals surface area (Å²) >= 11 is 2.95. The molecule has 1 aromatic carbocycles. The van der Waals surface area contributed by atoms with Crippen LogP contribution < -0.4 is 5.73 Å². The molecule has 0 amide bonds. The monoisotopic (exact) mass is 290 g/mol. The molecule has 0 fully saturated rings. The normalized spacial score (nSPS) is 10.8. The molecule has 2 heterocycles. The van der Waals surface area contributed by atoms with E-state index < -0.39 is 5.97 Å². The van der Waals surface area contributed by atoms with Crippen molar-refractivity contribution in [2.75, 3.05) is 12.8 Å². The predicted octanol–water partition coefficient (Wildman–Crippen LogP) is 3.39. The fraction of sp³-hybridized carbons (Fsp3) is 0.0769. The van der Waals surface area contributed by atoms with Crippen LogP contribution in [-0.4, -0.2) is 18.1 Å². The third kappa shape index (κ3) is 1.98. The number of hydrogen-bond acceptors (Lipinski definition) is 6. The summed E-state index contributed by atoms with van der Waals surface area (Å²) < 4.78 is 5.85. The highest BCUT2D eigenvalue weighted by Gasteiger charge is 2.19. The third-order valence-electron chi connectivity index (χ3n) is 2.74. The van der Waals surface area contributed by atoms with Gasteiger partial charge in [-0.2, -0.15) is 0 Å². The zero-order chi connectivity index (χ0) is 13.4. The molecule has 6 heteroatoms. The van der Waals surface area contributed by atoms with Gasteiger partial charge in [-0.05, 0) is 6.07 Å². The number of carbonyl (C=O) groups is 1. The van der Waals surface area contributed by atoms with Crippen LogP contribution in [0.25, 0.3) is 20.7 Å². The lowest BCUT2D eigenvalue weighted by Gasteiger charge is -1.94. The van der Waals surface area contributed by atoms with Crippen molar-refractivity contribution in [2.24, 2.45) is 0 Å². The van der Waals surface area contributed by atoms with Crippen molar-refractivity contribution < 1.29 is 9.53 Å². The summed E-state index contributed by atoms with van der Waals surface area (Å²) in [6.45, 7) is 0. The maximum Gasteiger partial charge on any atom is 0.359 e. The van der Waals surface area contributed by atoms with Crippen molar-refractivity contribution in [3.8, 4) is 10.6 Å². The average molecular weight is 290 g/mol. The number of rotatable bonds is 2. The van der Waals surface area contributed by atoms with Gasteiger partial charge in [0, 0.05) is 21.0 Å². The first-order valence-corrected chi connectivity index (χ1v) is 7.21. The largest absolute Gasteiger partial charge is 0.464 e. The molecule has 0 aliphatic heterocycles. The van der Waals surface area contributed by atoms with Gasteiger partial charge in [0.25, 0.3) is 0 Å². The Morgan fingerprint density at radius 1 is 1.37 bits per heavy atom. The summed E-state index contributed by atoms with van der Waals surface area (Å²) in [5.74, 6) is -0.500. The maximum absolute atomic E-state index is 11.5. The number of nitrogens with two attached hydrogens (primary N) is 1. The molecule has 2 aromatic heterocycles. The Kier molecular flexibility index (Phi) is 2.96. The van der Waals surface area contributed by atoms with E-state index in [-0.39, 0.29) is 5.69 Å². The fourth-order valence-electron chi connectivity index (χ4n) is 1.83. The standard InChI is InChI=1S/C13H10N2O2S2/c1-17-13(16)10-11(14)19-12(15-10)8-6-18-9-5-3-2-4-7(8)9/h2-6H,14H2,1H3. The Balaban J connectivity index is 2.15. The van der Waals surface area contributed by atoms with Crippen molar-refractivity contribution in [2.45, 2.75) is 0 Å². The van der Waals surface area contributed by atoms with Gasteiger partial charge in [0.1, 0.15) is 10.0 Å². The van der Waals surface area contributed by atoms with Gasteiger partial charge in [0.15, 0.2) is 5.69 Å². The number of hydrogen-bond donors (Lipinski definition) is 1. The molecule has 96 valence electrons. The highest BCUT2D eigenvalue weighted by atomic mass is 32.1. The zero-order valence-electron chi connectivity index (χ0n) is 10.0. The van der Waals surface area contributed by atoms with Crippen LogP contribution in [0.2, 0.25) is 0 Å². The van der Waals surface area contributed by atoms with Crippen LogP contribution in [0.1, 0.15) is 10.5 Å². The first-order chi connectivity index (χ1) is 9.20. The summed E-state index contributed by atoms with van der Waals surface area (Å²) in [6, 6.07) is 8.08. The second kappa shape index (κ2) is 4.64. The molecule has 0 saturated heterocycles. The quantitative estimate of drug-likeness (QED) is 0.735. The number of benzene rings is 1. The highest BCUT2D eigenvalue weighted by Crippen LogP contribution is 2.37. The van der Waals surface area contributed by atoms with E-state index in [2.05, 4.69) is 15.8 Å². The molecule has 0 spiro atoms. The molecule has 0 saturated carbocycles. The van der Waals surface area contributed by atoms with Crippen molar-refractivity contribution in [3.63, 3.8) is 0 Å². The Hall–Kier alpha value is -1.92. The number of fused-ring (bicyclic) bond motifs is 1. The minimum absolute atomic E-state index is 0.192. The van der Waals surface area contributed by atoms with E-state index in [0.29, 0.717) is 5.00 Å². The first kappa shape index (κ1) is 12.1. The van der Waals surface area contributed by atoms with E-state index in [9.17, 15) is 4.79 Å². The molecule has 0 radical (unpaired) electrons. The van der Waals surface area contributed by atoms with Crippen LogP contribution in [0.5, 0.6) is 0 Å². The van der Waals surface area contributed by atoms with E-state index in [1.807, 2.05) is 23.6 Å².